The van der Waals surface area contributed by atoms with Crippen molar-refractivity contribution in [1.29, 1.82) is 5.26 Å². The second-order valence-electron chi connectivity index (χ2n) is 4.85. The number of benzene rings is 1. The fourth-order valence-corrected chi connectivity index (χ4v) is 2.17. The Morgan fingerprint density at radius 3 is 2.74 bits per heavy atom. The molecule has 0 aliphatic heterocycles. The number of nitriles is 1. The maximum absolute atomic E-state index is 9.31. The SMILES string of the molecule is CCNC(C#N)(CC)CCCOc1cccc(C)c1. The molecule has 0 aliphatic carbocycles. The molecule has 0 aliphatic rings. The van der Waals surface area contributed by atoms with Gasteiger partial charge in [-0.05, 0) is 50.4 Å². The van der Waals surface area contributed by atoms with Crippen LogP contribution in [-0.4, -0.2) is 18.7 Å². The van der Waals surface area contributed by atoms with E-state index in [2.05, 4.69) is 24.4 Å². The smallest absolute Gasteiger partial charge is 0.119 e. The summed E-state index contributed by atoms with van der Waals surface area (Å²) in [6, 6.07) is 10.5. The van der Waals surface area contributed by atoms with Crippen molar-refractivity contribution in [3.05, 3.63) is 29.8 Å². The second-order valence-corrected chi connectivity index (χ2v) is 4.85. The third kappa shape index (κ3) is 4.92. The third-order valence-corrected chi connectivity index (χ3v) is 3.34. The van der Waals surface area contributed by atoms with Crippen LogP contribution in [0.25, 0.3) is 0 Å². The highest BCUT2D eigenvalue weighted by Gasteiger charge is 2.25. The quantitative estimate of drug-likeness (QED) is 0.728. The standard InChI is InChI=1S/C16H24N2O/c1-4-16(13-17,18-5-2)10-7-11-19-15-9-6-8-14(3)12-15/h6,8-9,12,18H,4-5,7,10-11H2,1-3H3. The molecule has 0 saturated carbocycles. The lowest BCUT2D eigenvalue weighted by atomic mass is 9.92. The van der Waals surface area contributed by atoms with Gasteiger partial charge >= 0.3 is 0 Å². The maximum atomic E-state index is 9.31. The van der Waals surface area contributed by atoms with Crippen LogP contribution in [0.1, 0.15) is 38.7 Å². The van der Waals surface area contributed by atoms with E-state index in [9.17, 15) is 5.26 Å². The van der Waals surface area contributed by atoms with Crippen molar-refractivity contribution in [1.82, 2.24) is 5.32 Å². The summed E-state index contributed by atoms with van der Waals surface area (Å²) in [7, 11) is 0. The highest BCUT2D eigenvalue weighted by molar-refractivity contribution is 5.27. The van der Waals surface area contributed by atoms with Crippen molar-refractivity contribution in [3.8, 4) is 11.8 Å². The first kappa shape index (κ1) is 15.5. The first-order valence-electron chi connectivity index (χ1n) is 7.01. The number of rotatable bonds is 8. The van der Waals surface area contributed by atoms with Crippen LogP contribution in [0.5, 0.6) is 5.75 Å². The predicted octanol–water partition coefficient (Wildman–Crippen LogP) is 3.44. The Kier molecular flexibility index (Phi) is 6.38. The van der Waals surface area contributed by atoms with Gasteiger partial charge in [0.15, 0.2) is 0 Å². The van der Waals surface area contributed by atoms with Crippen LogP contribution in [-0.2, 0) is 0 Å². The Bertz CT molecular complexity index is 425. The number of aryl methyl sites for hydroxylation is 1. The topological polar surface area (TPSA) is 45.0 Å². The summed E-state index contributed by atoms with van der Waals surface area (Å²) in [5, 5.41) is 12.6. The molecule has 0 bridgehead atoms. The largest absolute Gasteiger partial charge is 0.494 e. The van der Waals surface area contributed by atoms with E-state index >= 15 is 0 Å². The third-order valence-electron chi connectivity index (χ3n) is 3.34. The normalized spacial score (nSPS) is 13.6. The molecule has 0 aromatic heterocycles. The van der Waals surface area contributed by atoms with Gasteiger partial charge < -0.3 is 4.74 Å². The van der Waals surface area contributed by atoms with Crippen LogP contribution < -0.4 is 10.1 Å². The first-order valence-corrected chi connectivity index (χ1v) is 7.01. The molecule has 0 heterocycles. The van der Waals surface area contributed by atoms with Gasteiger partial charge in [0.1, 0.15) is 11.3 Å². The molecule has 3 nitrogen and oxygen atoms in total. The molecule has 1 rings (SSSR count). The van der Waals surface area contributed by atoms with E-state index < -0.39 is 5.54 Å². The number of nitrogens with one attached hydrogen (secondary N) is 1. The van der Waals surface area contributed by atoms with Gasteiger partial charge in [0.25, 0.3) is 0 Å². The molecule has 1 N–H and O–H groups in total. The summed E-state index contributed by atoms with van der Waals surface area (Å²) in [6.07, 6.45) is 2.52. The van der Waals surface area contributed by atoms with Gasteiger partial charge in [0.2, 0.25) is 0 Å². The van der Waals surface area contributed by atoms with E-state index in [1.165, 1.54) is 5.56 Å². The minimum Gasteiger partial charge on any atom is -0.494 e. The lowest BCUT2D eigenvalue weighted by molar-refractivity contribution is 0.277. The summed E-state index contributed by atoms with van der Waals surface area (Å²) in [4.78, 5) is 0. The molecule has 0 spiro atoms. The van der Waals surface area contributed by atoms with Gasteiger partial charge in [0, 0.05) is 0 Å². The van der Waals surface area contributed by atoms with Gasteiger partial charge in [-0.25, -0.2) is 0 Å². The Morgan fingerprint density at radius 2 is 2.16 bits per heavy atom. The van der Waals surface area contributed by atoms with Gasteiger partial charge in [-0.2, -0.15) is 5.26 Å². The van der Waals surface area contributed by atoms with Crippen molar-refractivity contribution < 1.29 is 4.74 Å². The average Bonchev–Trinajstić information content (AvgIpc) is 2.42. The van der Waals surface area contributed by atoms with Gasteiger partial charge in [-0.1, -0.05) is 26.0 Å². The van der Waals surface area contributed by atoms with Crippen LogP contribution in [0, 0.1) is 18.3 Å². The Hall–Kier alpha value is -1.53. The Labute approximate surface area is 116 Å². The highest BCUT2D eigenvalue weighted by Crippen LogP contribution is 2.18. The maximum Gasteiger partial charge on any atom is 0.119 e. The monoisotopic (exact) mass is 260 g/mol. The fraction of sp³-hybridized carbons (Fsp3) is 0.562. The molecule has 104 valence electrons. The van der Waals surface area contributed by atoms with Crippen LogP contribution >= 0.6 is 0 Å². The zero-order valence-corrected chi connectivity index (χ0v) is 12.2. The Morgan fingerprint density at radius 1 is 1.37 bits per heavy atom. The van der Waals surface area contributed by atoms with E-state index in [-0.39, 0.29) is 0 Å². The molecule has 0 fully saturated rings. The summed E-state index contributed by atoms with van der Waals surface area (Å²) >= 11 is 0. The number of hydrogen-bond acceptors (Lipinski definition) is 3. The fourth-order valence-electron chi connectivity index (χ4n) is 2.17. The molecule has 1 aromatic carbocycles. The summed E-state index contributed by atoms with van der Waals surface area (Å²) in [5.41, 5.74) is 0.801. The van der Waals surface area contributed by atoms with Crippen LogP contribution in [0.3, 0.4) is 0 Å². The molecule has 0 radical (unpaired) electrons. The minimum atomic E-state index is -0.398. The number of hydrogen-bond donors (Lipinski definition) is 1. The summed E-state index contributed by atoms with van der Waals surface area (Å²) in [5.74, 6) is 0.905. The van der Waals surface area contributed by atoms with E-state index in [1.54, 1.807) is 0 Å². The van der Waals surface area contributed by atoms with Crippen molar-refractivity contribution in [2.75, 3.05) is 13.2 Å². The zero-order valence-electron chi connectivity index (χ0n) is 12.2. The number of nitrogens with zero attached hydrogens (tertiary/aromatic N) is 1. The van der Waals surface area contributed by atoms with E-state index in [0.29, 0.717) is 6.61 Å². The summed E-state index contributed by atoms with van der Waals surface area (Å²) < 4.78 is 5.71. The van der Waals surface area contributed by atoms with Gasteiger partial charge in [0.05, 0.1) is 12.7 Å². The molecule has 1 atom stereocenters. The average molecular weight is 260 g/mol. The predicted molar refractivity (Wildman–Crippen MR) is 78.2 cm³/mol. The zero-order chi connectivity index (χ0) is 14.1. The molecule has 0 amide bonds. The molecule has 3 heteroatoms. The molecular formula is C16H24N2O. The van der Waals surface area contributed by atoms with Crippen molar-refractivity contribution >= 4 is 0 Å². The van der Waals surface area contributed by atoms with Crippen molar-refractivity contribution in [3.63, 3.8) is 0 Å². The van der Waals surface area contributed by atoms with Crippen LogP contribution in [0.4, 0.5) is 0 Å². The molecule has 19 heavy (non-hydrogen) atoms. The van der Waals surface area contributed by atoms with Gasteiger partial charge in [-0.3, -0.25) is 5.32 Å². The van der Waals surface area contributed by atoms with Gasteiger partial charge in [-0.15, -0.1) is 0 Å². The van der Waals surface area contributed by atoms with E-state index in [4.69, 9.17) is 4.74 Å². The van der Waals surface area contributed by atoms with E-state index in [1.807, 2.05) is 32.0 Å². The molecule has 1 aromatic rings. The van der Waals surface area contributed by atoms with Crippen LogP contribution in [0.2, 0.25) is 0 Å². The van der Waals surface area contributed by atoms with Crippen molar-refractivity contribution in [2.24, 2.45) is 0 Å². The lowest BCUT2D eigenvalue weighted by Gasteiger charge is -2.25. The molecule has 1 unspecified atom stereocenters. The van der Waals surface area contributed by atoms with E-state index in [0.717, 1.165) is 31.6 Å². The highest BCUT2D eigenvalue weighted by atomic mass is 16.5. The Balaban J connectivity index is 2.39. The molecule has 0 saturated heterocycles. The van der Waals surface area contributed by atoms with Crippen LogP contribution in [0.15, 0.2) is 24.3 Å². The first-order chi connectivity index (χ1) is 9.15. The number of ether oxygens (including phenoxy) is 1. The minimum absolute atomic E-state index is 0.398. The molecular weight excluding hydrogens is 236 g/mol. The lowest BCUT2D eigenvalue weighted by Crippen LogP contribution is -2.43. The van der Waals surface area contributed by atoms with Crippen molar-refractivity contribution in [2.45, 2.75) is 45.6 Å². The second kappa shape index (κ2) is 7.81. The summed E-state index contributed by atoms with van der Waals surface area (Å²) in [6.45, 7) is 7.60.